The molecule has 3 rings (SSSR count). The number of nitrogens with zero attached hydrogens (tertiary/aromatic N) is 1. The van der Waals surface area contributed by atoms with Crippen molar-refractivity contribution < 1.29 is 0 Å². The number of piperidine rings is 1. The third kappa shape index (κ3) is 2.79. The minimum absolute atomic E-state index is 0.506. The number of likely N-dealkylation sites (tertiary alicyclic amines) is 1. The van der Waals surface area contributed by atoms with Gasteiger partial charge in [0.2, 0.25) is 0 Å². The molecule has 1 saturated heterocycles. The van der Waals surface area contributed by atoms with E-state index in [2.05, 4.69) is 30.0 Å². The molecule has 3 unspecified atom stereocenters. The third-order valence-electron chi connectivity index (χ3n) is 5.26. The Morgan fingerprint density at radius 2 is 1.95 bits per heavy atom. The molecule has 0 bridgehead atoms. The van der Waals surface area contributed by atoms with Crippen LogP contribution in [0.1, 0.15) is 50.6 Å². The van der Waals surface area contributed by atoms with Crippen LogP contribution in [0.2, 0.25) is 0 Å². The van der Waals surface area contributed by atoms with Crippen LogP contribution >= 0.6 is 0 Å². The van der Waals surface area contributed by atoms with Crippen LogP contribution in [-0.2, 0) is 0 Å². The predicted octanol–water partition coefficient (Wildman–Crippen LogP) is 3.84. The lowest BCUT2D eigenvalue weighted by Crippen LogP contribution is -2.42. The molecule has 2 nitrogen and oxygen atoms in total. The topological polar surface area (TPSA) is 29.3 Å². The van der Waals surface area contributed by atoms with Gasteiger partial charge >= 0.3 is 0 Å². The summed E-state index contributed by atoms with van der Waals surface area (Å²) in [6, 6.07) is 8.91. The number of anilines is 1. The fourth-order valence-corrected chi connectivity index (χ4v) is 4.01. The summed E-state index contributed by atoms with van der Waals surface area (Å²) < 4.78 is 0. The Hall–Kier alpha value is -1.02. The van der Waals surface area contributed by atoms with Crippen LogP contribution in [0.15, 0.2) is 24.3 Å². The SMILES string of the molecule is CC(c1cccc(N)c1)N1CCC2CCCCC2C1. The molecule has 0 aromatic heterocycles. The molecule has 3 atom stereocenters. The van der Waals surface area contributed by atoms with Gasteiger partial charge < -0.3 is 5.73 Å². The molecular weight excluding hydrogens is 232 g/mol. The fraction of sp³-hybridized carbons (Fsp3) is 0.647. The summed E-state index contributed by atoms with van der Waals surface area (Å²) in [5, 5.41) is 0. The highest BCUT2D eigenvalue weighted by Crippen LogP contribution is 2.38. The monoisotopic (exact) mass is 258 g/mol. The van der Waals surface area contributed by atoms with Crippen molar-refractivity contribution in [3.05, 3.63) is 29.8 Å². The first-order chi connectivity index (χ1) is 9.24. The molecule has 1 aliphatic carbocycles. The van der Waals surface area contributed by atoms with Gasteiger partial charge in [0.1, 0.15) is 0 Å². The number of nitrogens with two attached hydrogens (primary N) is 1. The van der Waals surface area contributed by atoms with Crippen molar-refractivity contribution in [2.45, 2.75) is 45.1 Å². The molecule has 2 aliphatic rings. The summed E-state index contributed by atoms with van der Waals surface area (Å²) in [7, 11) is 0. The largest absolute Gasteiger partial charge is 0.399 e. The van der Waals surface area contributed by atoms with Crippen LogP contribution in [0.5, 0.6) is 0 Å². The number of fused-ring (bicyclic) bond motifs is 1. The predicted molar refractivity (Wildman–Crippen MR) is 80.9 cm³/mol. The van der Waals surface area contributed by atoms with Crippen molar-refractivity contribution in [1.82, 2.24) is 4.90 Å². The normalized spacial score (nSPS) is 29.7. The van der Waals surface area contributed by atoms with E-state index < -0.39 is 0 Å². The van der Waals surface area contributed by atoms with Crippen LogP contribution < -0.4 is 5.73 Å². The highest BCUT2D eigenvalue weighted by molar-refractivity contribution is 5.41. The molecule has 1 aromatic rings. The van der Waals surface area contributed by atoms with Crippen molar-refractivity contribution in [1.29, 1.82) is 0 Å². The Kier molecular flexibility index (Phi) is 3.79. The summed E-state index contributed by atoms with van der Waals surface area (Å²) in [6.45, 7) is 4.88. The first kappa shape index (κ1) is 13.0. The molecular formula is C17H26N2. The molecule has 1 aromatic carbocycles. The molecule has 0 radical (unpaired) electrons. The van der Waals surface area contributed by atoms with Crippen molar-refractivity contribution >= 4 is 5.69 Å². The molecule has 104 valence electrons. The Morgan fingerprint density at radius 1 is 1.16 bits per heavy atom. The molecule has 2 N–H and O–H groups in total. The van der Waals surface area contributed by atoms with Gasteiger partial charge in [-0.3, -0.25) is 4.90 Å². The van der Waals surface area contributed by atoms with Crippen molar-refractivity contribution in [3.63, 3.8) is 0 Å². The van der Waals surface area contributed by atoms with E-state index in [4.69, 9.17) is 5.73 Å². The van der Waals surface area contributed by atoms with Crippen LogP contribution in [0.4, 0.5) is 5.69 Å². The first-order valence-corrected chi connectivity index (χ1v) is 7.83. The summed E-state index contributed by atoms with van der Waals surface area (Å²) in [6.07, 6.45) is 7.24. The maximum Gasteiger partial charge on any atom is 0.0320 e. The fourth-order valence-electron chi connectivity index (χ4n) is 4.01. The Bertz CT molecular complexity index is 429. The number of hydrogen-bond donors (Lipinski definition) is 1. The van der Waals surface area contributed by atoms with Gasteiger partial charge in [-0.05, 0) is 55.8 Å². The first-order valence-electron chi connectivity index (χ1n) is 7.83. The van der Waals surface area contributed by atoms with Gasteiger partial charge in [-0.15, -0.1) is 0 Å². The van der Waals surface area contributed by atoms with E-state index in [9.17, 15) is 0 Å². The van der Waals surface area contributed by atoms with Crippen molar-refractivity contribution in [2.24, 2.45) is 11.8 Å². The number of benzene rings is 1. The summed E-state index contributed by atoms with van der Waals surface area (Å²) >= 11 is 0. The minimum atomic E-state index is 0.506. The van der Waals surface area contributed by atoms with Crippen molar-refractivity contribution in [3.8, 4) is 0 Å². The number of hydrogen-bond acceptors (Lipinski definition) is 2. The van der Waals surface area contributed by atoms with E-state index in [1.165, 1.54) is 50.8 Å². The summed E-state index contributed by atoms with van der Waals surface area (Å²) in [5.41, 5.74) is 8.17. The van der Waals surface area contributed by atoms with Gasteiger partial charge in [0.25, 0.3) is 0 Å². The molecule has 1 heterocycles. The lowest BCUT2D eigenvalue weighted by atomic mass is 9.75. The number of nitrogen functional groups attached to an aromatic ring is 1. The van der Waals surface area contributed by atoms with Gasteiger partial charge in [-0.2, -0.15) is 0 Å². The molecule has 0 spiro atoms. The Balaban J connectivity index is 1.69. The minimum Gasteiger partial charge on any atom is -0.399 e. The second-order valence-electron chi connectivity index (χ2n) is 6.43. The van der Waals surface area contributed by atoms with E-state index >= 15 is 0 Å². The van der Waals surface area contributed by atoms with Gasteiger partial charge in [-0.25, -0.2) is 0 Å². The molecule has 1 saturated carbocycles. The van der Waals surface area contributed by atoms with Crippen LogP contribution in [0.25, 0.3) is 0 Å². The zero-order valence-electron chi connectivity index (χ0n) is 12.0. The average molecular weight is 258 g/mol. The van der Waals surface area contributed by atoms with E-state index in [-0.39, 0.29) is 0 Å². The van der Waals surface area contributed by atoms with Gasteiger partial charge in [0.05, 0.1) is 0 Å². The quantitative estimate of drug-likeness (QED) is 0.817. The smallest absolute Gasteiger partial charge is 0.0320 e. The maximum absolute atomic E-state index is 5.91. The van der Waals surface area contributed by atoms with Crippen molar-refractivity contribution in [2.75, 3.05) is 18.8 Å². The summed E-state index contributed by atoms with van der Waals surface area (Å²) in [5.74, 6) is 1.96. The second kappa shape index (κ2) is 5.54. The Labute approximate surface area is 117 Å². The van der Waals surface area contributed by atoms with Gasteiger partial charge in [0, 0.05) is 18.3 Å². The van der Waals surface area contributed by atoms with Gasteiger partial charge in [-0.1, -0.05) is 31.4 Å². The zero-order chi connectivity index (χ0) is 13.2. The standard InChI is InChI=1S/C17H26N2/c1-13(15-7-4-8-17(18)11-15)19-10-9-14-5-2-3-6-16(14)12-19/h4,7-8,11,13-14,16H,2-3,5-6,9-10,12,18H2,1H3. The second-order valence-corrected chi connectivity index (χ2v) is 6.43. The highest BCUT2D eigenvalue weighted by Gasteiger charge is 2.32. The zero-order valence-corrected chi connectivity index (χ0v) is 12.0. The van der Waals surface area contributed by atoms with E-state index in [1.807, 2.05) is 6.07 Å². The Morgan fingerprint density at radius 3 is 2.74 bits per heavy atom. The maximum atomic E-state index is 5.91. The molecule has 0 amide bonds. The van der Waals surface area contributed by atoms with Crippen LogP contribution in [-0.4, -0.2) is 18.0 Å². The lowest BCUT2D eigenvalue weighted by Gasteiger charge is -2.43. The highest BCUT2D eigenvalue weighted by atomic mass is 15.2. The van der Waals surface area contributed by atoms with Crippen LogP contribution in [0.3, 0.4) is 0 Å². The summed E-state index contributed by atoms with van der Waals surface area (Å²) in [4.78, 5) is 2.67. The lowest BCUT2D eigenvalue weighted by molar-refractivity contribution is 0.0616. The van der Waals surface area contributed by atoms with Gasteiger partial charge in [0.15, 0.2) is 0 Å². The molecule has 2 fully saturated rings. The third-order valence-corrected chi connectivity index (χ3v) is 5.26. The molecule has 1 aliphatic heterocycles. The van der Waals surface area contributed by atoms with E-state index in [0.29, 0.717) is 6.04 Å². The molecule has 2 heteroatoms. The molecule has 19 heavy (non-hydrogen) atoms. The van der Waals surface area contributed by atoms with E-state index in [0.717, 1.165) is 17.5 Å². The number of rotatable bonds is 2. The van der Waals surface area contributed by atoms with Crippen LogP contribution in [0, 0.1) is 11.8 Å². The average Bonchev–Trinajstić information content (AvgIpc) is 2.46. The van der Waals surface area contributed by atoms with E-state index in [1.54, 1.807) is 0 Å².